The largest absolute Gasteiger partial charge is 0.369 e. The Hall–Kier alpha value is -1.59. The molecule has 0 unspecified atom stereocenters. The molecule has 1 aromatic carbocycles. The van der Waals surface area contributed by atoms with Crippen molar-refractivity contribution in [3.8, 4) is 0 Å². The lowest BCUT2D eigenvalue weighted by molar-refractivity contribution is -0.121. The molecule has 0 saturated carbocycles. The van der Waals surface area contributed by atoms with Crippen molar-refractivity contribution in [3.05, 3.63) is 28.8 Å². The second-order valence-electron chi connectivity index (χ2n) is 3.97. The maximum Gasteiger partial charge on any atom is 0.250 e. The van der Waals surface area contributed by atoms with Gasteiger partial charge in [-0.15, -0.1) is 0 Å². The van der Waals surface area contributed by atoms with Crippen LogP contribution in [0.15, 0.2) is 18.2 Å². The molecule has 0 aliphatic rings. The van der Waals surface area contributed by atoms with Crippen LogP contribution in [0.25, 0.3) is 0 Å². The SMILES string of the molecule is CC(C)OCC(=O)Nc1ccc(Cl)c(C(N)=O)c1. The fraction of sp³-hybridized carbons (Fsp3) is 0.333. The number of primary amides is 1. The molecular weight excluding hydrogens is 256 g/mol. The van der Waals surface area contributed by atoms with E-state index in [4.69, 9.17) is 22.1 Å². The Labute approximate surface area is 110 Å². The van der Waals surface area contributed by atoms with Gasteiger partial charge < -0.3 is 15.8 Å². The third-order valence-corrected chi connectivity index (χ3v) is 2.39. The highest BCUT2D eigenvalue weighted by Gasteiger charge is 2.09. The Kier molecular flexibility index (Phi) is 5.12. The molecule has 1 aromatic rings. The molecule has 0 radical (unpaired) electrons. The molecule has 0 fully saturated rings. The summed E-state index contributed by atoms with van der Waals surface area (Å²) in [6, 6.07) is 4.51. The summed E-state index contributed by atoms with van der Waals surface area (Å²) in [4.78, 5) is 22.6. The first kappa shape index (κ1) is 14.5. The first-order valence-electron chi connectivity index (χ1n) is 5.41. The van der Waals surface area contributed by atoms with Crippen molar-refractivity contribution in [3.63, 3.8) is 0 Å². The van der Waals surface area contributed by atoms with E-state index >= 15 is 0 Å². The minimum Gasteiger partial charge on any atom is -0.369 e. The van der Waals surface area contributed by atoms with Crippen LogP contribution in [-0.2, 0) is 9.53 Å². The number of nitrogens with one attached hydrogen (secondary N) is 1. The molecule has 0 spiro atoms. The Morgan fingerprint density at radius 2 is 2.11 bits per heavy atom. The van der Waals surface area contributed by atoms with Crippen molar-refractivity contribution < 1.29 is 14.3 Å². The second kappa shape index (κ2) is 6.37. The van der Waals surface area contributed by atoms with Crippen LogP contribution in [0, 0.1) is 0 Å². The Bertz CT molecular complexity index is 461. The Morgan fingerprint density at radius 3 is 2.67 bits per heavy atom. The van der Waals surface area contributed by atoms with Crippen LogP contribution in [0.2, 0.25) is 5.02 Å². The number of anilines is 1. The number of ether oxygens (including phenoxy) is 1. The van der Waals surface area contributed by atoms with Gasteiger partial charge in [-0.05, 0) is 32.0 Å². The number of hydrogen-bond acceptors (Lipinski definition) is 3. The van der Waals surface area contributed by atoms with Gasteiger partial charge >= 0.3 is 0 Å². The van der Waals surface area contributed by atoms with Crippen LogP contribution >= 0.6 is 11.6 Å². The standard InChI is InChI=1S/C12H15ClN2O3/c1-7(2)18-6-11(16)15-8-3-4-10(13)9(5-8)12(14)17/h3-5,7H,6H2,1-2H3,(H2,14,17)(H,15,16). The van der Waals surface area contributed by atoms with E-state index in [1.807, 2.05) is 13.8 Å². The lowest BCUT2D eigenvalue weighted by Gasteiger charge is -2.09. The van der Waals surface area contributed by atoms with Gasteiger partial charge in [0, 0.05) is 5.69 Å². The molecule has 0 aliphatic heterocycles. The van der Waals surface area contributed by atoms with Crippen LogP contribution in [0.1, 0.15) is 24.2 Å². The number of amides is 2. The lowest BCUT2D eigenvalue weighted by atomic mass is 10.2. The molecule has 0 saturated heterocycles. The summed E-state index contributed by atoms with van der Waals surface area (Å²) in [5, 5.41) is 2.84. The highest BCUT2D eigenvalue weighted by atomic mass is 35.5. The molecule has 5 nitrogen and oxygen atoms in total. The topological polar surface area (TPSA) is 81.4 Å². The van der Waals surface area contributed by atoms with Gasteiger partial charge in [0.05, 0.1) is 16.7 Å². The average Bonchev–Trinajstić information content (AvgIpc) is 2.28. The van der Waals surface area contributed by atoms with E-state index in [-0.39, 0.29) is 29.2 Å². The summed E-state index contributed by atoms with van der Waals surface area (Å²) in [6.07, 6.45) is -0.0258. The molecule has 18 heavy (non-hydrogen) atoms. The third kappa shape index (κ3) is 4.35. The van der Waals surface area contributed by atoms with Gasteiger partial charge in [0.2, 0.25) is 11.8 Å². The molecule has 0 aromatic heterocycles. The molecule has 1 rings (SSSR count). The van der Waals surface area contributed by atoms with E-state index in [1.165, 1.54) is 12.1 Å². The third-order valence-electron chi connectivity index (χ3n) is 2.06. The minimum atomic E-state index is -0.644. The smallest absolute Gasteiger partial charge is 0.250 e. The van der Waals surface area contributed by atoms with Crippen molar-refractivity contribution in [2.45, 2.75) is 20.0 Å². The zero-order valence-electron chi connectivity index (χ0n) is 10.2. The van der Waals surface area contributed by atoms with Crippen LogP contribution in [-0.4, -0.2) is 24.5 Å². The molecule has 3 N–H and O–H groups in total. The molecule has 0 aliphatic carbocycles. The fourth-order valence-corrected chi connectivity index (χ4v) is 1.44. The van der Waals surface area contributed by atoms with Gasteiger partial charge in [-0.2, -0.15) is 0 Å². The summed E-state index contributed by atoms with van der Waals surface area (Å²) in [7, 11) is 0. The first-order chi connectivity index (χ1) is 8.40. The zero-order chi connectivity index (χ0) is 13.7. The molecule has 6 heteroatoms. The molecule has 98 valence electrons. The summed E-state index contributed by atoms with van der Waals surface area (Å²) in [5.74, 6) is -0.948. The van der Waals surface area contributed by atoms with Crippen molar-refractivity contribution in [2.75, 3.05) is 11.9 Å². The normalized spacial score (nSPS) is 10.4. The van der Waals surface area contributed by atoms with Gasteiger partial charge in [-0.3, -0.25) is 9.59 Å². The first-order valence-corrected chi connectivity index (χ1v) is 5.78. The number of carbonyl (C=O) groups excluding carboxylic acids is 2. The van der Waals surface area contributed by atoms with Crippen molar-refractivity contribution in [2.24, 2.45) is 5.73 Å². The van der Waals surface area contributed by atoms with Crippen molar-refractivity contribution in [1.29, 1.82) is 0 Å². The molecule has 0 atom stereocenters. The van der Waals surface area contributed by atoms with E-state index in [1.54, 1.807) is 6.07 Å². The van der Waals surface area contributed by atoms with E-state index in [2.05, 4.69) is 5.32 Å². The van der Waals surface area contributed by atoms with Gasteiger partial charge in [0.1, 0.15) is 6.61 Å². The van der Waals surface area contributed by atoms with Gasteiger partial charge in [0.25, 0.3) is 0 Å². The average molecular weight is 271 g/mol. The van der Waals surface area contributed by atoms with E-state index in [9.17, 15) is 9.59 Å². The fourth-order valence-electron chi connectivity index (χ4n) is 1.23. The monoisotopic (exact) mass is 270 g/mol. The van der Waals surface area contributed by atoms with Gasteiger partial charge in [0.15, 0.2) is 0 Å². The number of rotatable bonds is 5. The number of carbonyl (C=O) groups is 2. The summed E-state index contributed by atoms with van der Waals surface area (Å²) in [6.45, 7) is 3.62. The van der Waals surface area contributed by atoms with E-state index in [0.29, 0.717) is 5.69 Å². The Morgan fingerprint density at radius 1 is 1.44 bits per heavy atom. The Balaban J connectivity index is 2.70. The quantitative estimate of drug-likeness (QED) is 0.856. The van der Waals surface area contributed by atoms with Crippen LogP contribution in [0.4, 0.5) is 5.69 Å². The van der Waals surface area contributed by atoms with Crippen LogP contribution in [0.5, 0.6) is 0 Å². The van der Waals surface area contributed by atoms with Crippen molar-refractivity contribution >= 4 is 29.1 Å². The molecule has 2 amide bonds. The van der Waals surface area contributed by atoms with E-state index in [0.717, 1.165) is 0 Å². The second-order valence-corrected chi connectivity index (χ2v) is 4.37. The zero-order valence-corrected chi connectivity index (χ0v) is 11.0. The molecule has 0 heterocycles. The number of halogens is 1. The lowest BCUT2D eigenvalue weighted by Crippen LogP contribution is -2.21. The number of hydrogen-bond donors (Lipinski definition) is 2. The van der Waals surface area contributed by atoms with Crippen LogP contribution in [0.3, 0.4) is 0 Å². The minimum absolute atomic E-state index is 0.0258. The van der Waals surface area contributed by atoms with Crippen molar-refractivity contribution in [1.82, 2.24) is 0 Å². The predicted octanol–water partition coefficient (Wildman–Crippen LogP) is 1.80. The predicted molar refractivity (Wildman–Crippen MR) is 69.7 cm³/mol. The van der Waals surface area contributed by atoms with Crippen LogP contribution < -0.4 is 11.1 Å². The number of benzene rings is 1. The summed E-state index contributed by atoms with van der Waals surface area (Å²) >= 11 is 5.79. The van der Waals surface area contributed by atoms with Gasteiger partial charge in [-0.25, -0.2) is 0 Å². The maximum atomic E-state index is 11.5. The maximum absolute atomic E-state index is 11.5. The summed E-state index contributed by atoms with van der Waals surface area (Å²) < 4.78 is 5.15. The summed E-state index contributed by atoms with van der Waals surface area (Å²) in [5.41, 5.74) is 5.77. The molecular formula is C12H15ClN2O3. The highest BCUT2D eigenvalue weighted by molar-refractivity contribution is 6.33. The van der Waals surface area contributed by atoms with Gasteiger partial charge in [-0.1, -0.05) is 11.6 Å². The molecule has 0 bridgehead atoms. The van der Waals surface area contributed by atoms with E-state index < -0.39 is 5.91 Å². The number of nitrogens with two attached hydrogens (primary N) is 1. The highest BCUT2D eigenvalue weighted by Crippen LogP contribution is 2.20.